The number of nitrogens with one attached hydrogen (secondary N) is 1. The van der Waals surface area contributed by atoms with Crippen molar-refractivity contribution in [2.75, 3.05) is 12.4 Å². The zero-order valence-electron chi connectivity index (χ0n) is 14.0. The van der Waals surface area contributed by atoms with Crippen molar-refractivity contribution < 1.29 is 18.7 Å². The molecule has 0 radical (unpaired) electrons. The SMILES string of the molecule is COC(=O)c1ccc(-c2csc(NC(=O)c3cc(C)oc3C)n2)cc1. The Bertz CT molecular complexity index is 925. The molecule has 128 valence electrons. The maximum Gasteiger partial charge on any atom is 0.337 e. The fourth-order valence-electron chi connectivity index (χ4n) is 2.38. The van der Waals surface area contributed by atoms with E-state index in [1.807, 2.05) is 5.38 Å². The molecule has 6 nitrogen and oxygen atoms in total. The van der Waals surface area contributed by atoms with Crippen molar-refractivity contribution in [2.45, 2.75) is 13.8 Å². The number of anilines is 1. The Morgan fingerprint density at radius 3 is 2.52 bits per heavy atom. The quantitative estimate of drug-likeness (QED) is 0.713. The number of aromatic nitrogens is 1. The summed E-state index contributed by atoms with van der Waals surface area (Å²) in [5.41, 5.74) is 2.54. The largest absolute Gasteiger partial charge is 0.466 e. The van der Waals surface area contributed by atoms with Crippen molar-refractivity contribution in [2.24, 2.45) is 0 Å². The molecule has 0 unspecified atom stereocenters. The second kappa shape index (κ2) is 6.90. The summed E-state index contributed by atoms with van der Waals surface area (Å²) in [6, 6.07) is 8.63. The van der Waals surface area contributed by atoms with Gasteiger partial charge in [0, 0.05) is 10.9 Å². The van der Waals surface area contributed by atoms with Crippen LogP contribution in [-0.4, -0.2) is 24.0 Å². The van der Waals surface area contributed by atoms with Gasteiger partial charge in [-0.2, -0.15) is 0 Å². The van der Waals surface area contributed by atoms with Gasteiger partial charge in [0.15, 0.2) is 5.13 Å². The van der Waals surface area contributed by atoms with Gasteiger partial charge in [-0.25, -0.2) is 9.78 Å². The van der Waals surface area contributed by atoms with Gasteiger partial charge in [-0.15, -0.1) is 11.3 Å². The van der Waals surface area contributed by atoms with Crippen LogP contribution in [0.4, 0.5) is 5.13 Å². The lowest BCUT2D eigenvalue weighted by Crippen LogP contribution is -2.11. The van der Waals surface area contributed by atoms with Gasteiger partial charge in [-0.1, -0.05) is 12.1 Å². The van der Waals surface area contributed by atoms with Crippen LogP contribution < -0.4 is 5.32 Å². The average Bonchev–Trinajstić information content (AvgIpc) is 3.20. The Morgan fingerprint density at radius 1 is 1.20 bits per heavy atom. The van der Waals surface area contributed by atoms with Crippen LogP contribution in [0.1, 0.15) is 32.2 Å². The van der Waals surface area contributed by atoms with Crippen molar-refractivity contribution >= 4 is 28.3 Å². The monoisotopic (exact) mass is 356 g/mol. The smallest absolute Gasteiger partial charge is 0.337 e. The molecule has 0 aliphatic rings. The van der Waals surface area contributed by atoms with Crippen LogP contribution >= 0.6 is 11.3 Å². The van der Waals surface area contributed by atoms with Crippen LogP contribution in [0.2, 0.25) is 0 Å². The van der Waals surface area contributed by atoms with Crippen LogP contribution in [0, 0.1) is 13.8 Å². The molecule has 0 saturated carbocycles. The third-order valence-electron chi connectivity index (χ3n) is 3.61. The molecule has 2 aromatic heterocycles. The Hall–Kier alpha value is -2.93. The van der Waals surface area contributed by atoms with Crippen LogP contribution in [0.3, 0.4) is 0 Å². The van der Waals surface area contributed by atoms with E-state index in [0.717, 1.165) is 11.3 Å². The predicted octanol–water partition coefficient (Wildman–Crippen LogP) is 4.06. The van der Waals surface area contributed by atoms with Gasteiger partial charge >= 0.3 is 5.97 Å². The lowest BCUT2D eigenvalue weighted by atomic mass is 10.1. The number of carbonyl (C=O) groups is 2. The molecular weight excluding hydrogens is 340 g/mol. The van der Waals surface area contributed by atoms with Gasteiger partial charge in [0.2, 0.25) is 0 Å². The first-order valence-corrected chi connectivity index (χ1v) is 8.38. The lowest BCUT2D eigenvalue weighted by Gasteiger charge is -2.01. The van der Waals surface area contributed by atoms with Gasteiger partial charge in [-0.3, -0.25) is 10.1 Å². The third kappa shape index (κ3) is 3.61. The Kier molecular flexibility index (Phi) is 4.67. The first-order chi connectivity index (χ1) is 12.0. The molecule has 1 N–H and O–H groups in total. The minimum atomic E-state index is -0.386. The van der Waals surface area contributed by atoms with E-state index in [1.54, 1.807) is 44.2 Å². The van der Waals surface area contributed by atoms with Gasteiger partial charge in [0.25, 0.3) is 5.91 Å². The summed E-state index contributed by atoms with van der Waals surface area (Å²) in [7, 11) is 1.34. The highest BCUT2D eigenvalue weighted by Crippen LogP contribution is 2.26. The number of benzene rings is 1. The van der Waals surface area contributed by atoms with Crippen LogP contribution in [0.5, 0.6) is 0 Å². The number of methoxy groups -OCH3 is 1. The zero-order chi connectivity index (χ0) is 18.0. The Balaban J connectivity index is 1.75. The van der Waals surface area contributed by atoms with Crippen LogP contribution in [-0.2, 0) is 4.74 Å². The molecule has 7 heteroatoms. The van der Waals surface area contributed by atoms with E-state index in [0.29, 0.717) is 27.8 Å². The number of esters is 1. The molecule has 0 saturated heterocycles. The molecular formula is C18H16N2O4S. The summed E-state index contributed by atoms with van der Waals surface area (Å²) in [6.07, 6.45) is 0. The fraction of sp³-hybridized carbons (Fsp3) is 0.167. The second-order valence-corrected chi connectivity index (χ2v) is 6.25. The highest BCUT2D eigenvalue weighted by molar-refractivity contribution is 7.14. The average molecular weight is 356 g/mol. The molecule has 0 fully saturated rings. The van der Waals surface area contributed by atoms with Crippen LogP contribution in [0.25, 0.3) is 11.3 Å². The number of hydrogen-bond acceptors (Lipinski definition) is 6. The maximum atomic E-state index is 12.3. The fourth-order valence-corrected chi connectivity index (χ4v) is 3.09. The maximum absolute atomic E-state index is 12.3. The van der Waals surface area contributed by atoms with Crippen molar-refractivity contribution in [3.63, 3.8) is 0 Å². The van der Waals surface area contributed by atoms with E-state index in [1.165, 1.54) is 18.4 Å². The summed E-state index contributed by atoms with van der Waals surface area (Å²) in [5, 5.41) is 5.11. The van der Waals surface area contributed by atoms with Crippen molar-refractivity contribution in [1.82, 2.24) is 4.98 Å². The molecule has 2 heterocycles. The Labute approximate surface area is 148 Å². The molecule has 0 spiro atoms. The minimum absolute atomic E-state index is 0.253. The number of furan rings is 1. The van der Waals surface area contributed by atoms with Gasteiger partial charge in [-0.05, 0) is 32.0 Å². The van der Waals surface area contributed by atoms with Gasteiger partial charge in [0.1, 0.15) is 11.5 Å². The van der Waals surface area contributed by atoms with Crippen LogP contribution in [0.15, 0.2) is 40.1 Å². The van der Waals surface area contributed by atoms with Gasteiger partial charge < -0.3 is 9.15 Å². The molecule has 0 atom stereocenters. The number of amides is 1. The Morgan fingerprint density at radius 2 is 1.92 bits per heavy atom. The van der Waals surface area contributed by atoms with E-state index >= 15 is 0 Å². The number of thiazole rings is 1. The molecule has 1 amide bonds. The predicted molar refractivity (Wildman–Crippen MR) is 95.0 cm³/mol. The van der Waals surface area contributed by atoms with Crippen molar-refractivity contribution in [3.8, 4) is 11.3 Å². The number of rotatable bonds is 4. The molecule has 3 aromatic rings. The van der Waals surface area contributed by atoms with Crippen molar-refractivity contribution in [1.29, 1.82) is 0 Å². The first-order valence-electron chi connectivity index (χ1n) is 7.50. The number of nitrogens with zero attached hydrogens (tertiary/aromatic N) is 1. The molecule has 1 aromatic carbocycles. The summed E-state index contributed by atoms with van der Waals surface area (Å²) in [6.45, 7) is 3.54. The highest BCUT2D eigenvalue weighted by atomic mass is 32.1. The van der Waals surface area contributed by atoms with E-state index in [-0.39, 0.29) is 11.9 Å². The summed E-state index contributed by atoms with van der Waals surface area (Å²) in [4.78, 5) is 28.2. The lowest BCUT2D eigenvalue weighted by molar-refractivity contribution is 0.0600. The molecule has 0 bridgehead atoms. The van der Waals surface area contributed by atoms with E-state index in [9.17, 15) is 9.59 Å². The van der Waals surface area contributed by atoms with E-state index in [4.69, 9.17) is 4.42 Å². The molecule has 3 rings (SSSR count). The zero-order valence-corrected chi connectivity index (χ0v) is 14.8. The summed E-state index contributed by atoms with van der Waals surface area (Å²) in [5.74, 6) is 0.623. The van der Waals surface area contributed by atoms with E-state index in [2.05, 4.69) is 15.0 Å². The summed E-state index contributed by atoms with van der Waals surface area (Å²) < 4.78 is 10.0. The van der Waals surface area contributed by atoms with Crippen molar-refractivity contribution in [3.05, 3.63) is 58.4 Å². The second-order valence-electron chi connectivity index (χ2n) is 5.39. The standard InChI is InChI=1S/C18H16N2O4S/c1-10-8-14(11(2)24-10)16(21)20-18-19-15(9-25-18)12-4-6-13(7-5-12)17(22)23-3/h4-9H,1-3H3,(H,19,20,21). The summed E-state index contributed by atoms with van der Waals surface area (Å²) >= 11 is 1.33. The highest BCUT2D eigenvalue weighted by Gasteiger charge is 2.15. The number of hydrogen-bond donors (Lipinski definition) is 1. The molecule has 25 heavy (non-hydrogen) atoms. The molecule has 0 aliphatic carbocycles. The van der Waals surface area contributed by atoms with E-state index < -0.39 is 0 Å². The third-order valence-corrected chi connectivity index (χ3v) is 4.37. The topological polar surface area (TPSA) is 81.4 Å². The normalized spacial score (nSPS) is 10.5. The first kappa shape index (κ1) is 16.9. The molecule has 0 aliphatic heterocycles. The minimum Gasteiger partial charge on any atom is -0.466 e. The van der Waals surface area contributed by atoms with Gasteiger partial charge in [0.05, 0.1) is 23.9 Å². The number of aryl methyl sites for hydroxylation is 2. The number of ether oxygens (including phenoxy) is 1. The number of carbonyl (C=O) groups excluding carboxylic acids is 2.